The molecular weight excluding hydrogens is 469 g/mol. The first-order valence-corrected chi connectivity index (χ1v) is 10.9. The zero-order chi connectivity index (χ0) is 25.4. The van der Waals surface area contributed by atoms with Crippen LogP contribution in [0, 0.1) is 0 Å². The molecule has 0 fully saturated rings. The van der Waals surface area contributed by atoms with Crippen LogP contribution in [0.2, 0.25) is 0 Å². The molecule has 0 saturated carbocycles. The standard InChI is InChI=1S/2C14H9NO3.Be/c2*16-11-3-1-2-8-4-5-9-6-7-10(14(17)18)15-13(9)12(8)11;/h2*1-7,15H,(H,17,18);/q;;+2/p-2. The van der Waals surface area contributed by atoms with Gasteiger partial charge in [-0.2, -0.15) is 0 Å². The van der Waals surface area contributed by atoms with Gasteiger partial charge >= 0.3 is 10.1 Å². The number of fused-ring (bicyclic) bond motifs is 6. The second-order valence-electron chi connectivity index (χ2n) is 8.09. The minimum atomic E-state index is -1.29. The van der Waals surface area contributed by atoms with Crippen LogP contribution in [0.15, 0.2) is 94.5 Å². The second kappa shape index (κ2) is 9.89. The normalized spacial score (nSPS) is 10.6. The molecule has 8 nitrogen and oxygen atoms in total. The molecule has 0 aliphatic carbocycles. The molecule has 0 bridgehead atoms. The summed E-state index contributed by atoms with van der Waals surface area (Å²) in [5.41, 5.74) is 0.700. The van der Waals surface area contributed by atoms with Gasteiger partial charge < -0.3 is 29.8 Å². The molecular formula is C28H16BeN2O6. The Kier molecular flexibility index (Phi) is 6.69. The first-order valence-electron chi connectivity index (χ1n) is 10.9. The van der Waals surface area contributed by atoms with Crippen molar-refractivity contribution >= 4 is 65.4 Å². The molecule has 0 atom stereocenters. The molecule has 0 aliphatic rings. The fraction of sp³-hybridized carbons (Fsp3) is 0. The number of carboxylic acids is 2. The summed E-state index contributed by atoms with van der Waals surface area (Å²) in [6, 6.07) is 23.4. The van der Waals surface area contributed by atoms with Gasteiger partial charge in [-0.3, -0.25) is 9.59 Å². The van der Waals surface area contributed by atoms with E-state index in [1.807, 2.05) is 36.4 Å². The van der Waals surface area contributed by atoms with Crippen molar-refractivity contribution in [3.05, 3.63) is 117 Å². The summed E-state index contributed by atoms with van der Waals surface area (Å²) in [5, 5.41) is 25.8. The van der Waals surface area contributed by atoms with E-state index in [0.717, 1.165) is 21.5 Å². The molecule has 0 aliphatic heterocycles. The fourth-order valence-electron chi connectivity index (χ4n) is 4.21. The summed E-state index contributed by atoms with van der Waals surface area (Å²) in [6.07, 6.45) is 0. The molecule has 2 heterocycles. The Labute approximate surface area is 212 Å². The van der Waals surface area contributed by atoms with E-state index in [9.17, 15) is 29.4 Å². The number of rotatable bonds is 2. The van der Waals surface area contributed by atoms with Gasteiger partial charge in [0.1, 0.15) is 0 Å². The SMILES string of the molecule is O=C([O-])c1ccc2ccc3cccc(=O)c3c2[nH]1.O=C([O-])c1ccc2ccc3cccc(=O)c3c2[nH]1.[Be+2]. The predicted molar refractivity (Wildman–Crippen MR) is 139 cm³/mol. The third kappa shape index (κ3) is 4.61. The van der Waals surface area contributed by atoms with E-state index >= 15 is 0 Å². The number of carbonyl (C=O) groups excluding carboxylic acids is 2. The smallest absolute Gasteiger partial charge is 0.543 e. The van der Waals surface area contributed by atoms with Gasteiger partial charge in [-0.05, 0) is 45.8 Å². The molecule has 0 radical (unpaired) electrons. The van der Waals surface area contributed by atoms with Crippen molar-refractivity contribution in [2.24, 2.45) is 0 Å². The Bertz CT molecular complexity index is 1820. The predicted octanol–water partition coefficient (Wildman–Crippen LogP) is 1.71. The van der Waals surface area contributed by atoms with Crippen molar-refractivity contribution in [1.29, 1.82) is 0 Å². The zero-order valence-electron chi connectivity index (χ0n) is 19.2. The zero-order valence-corrected chi connectivity index (χ0v) is 19.2. The first-order chi connectivity index (χ1) is 17.3. The molecule has 176 valence electrons. The van der Waals surface area contributed by atoms with Crippen LogP contribution in [0.1, 0.15) is 21.0 Å². The summed E-state index contributed by atoms with van der Waals surface area (Å²) in [7, 11) is 0. The van der Waals surface area contributed by atoms with Crippen LogP contribution in [-0.2, 0) is 0 Å². The number of pyridine rings is 2. The molecule has 4 aromatic carbocycles. The van der Waals surface area contributed by atoms with Gasteiger partial charge in [-0.1, -0.05) is 60.7 Å². The van der Waals surface area contributed by atoms with Crippen LogP contribution in [-0.4, -0.2) is 32.0 Å². The van der Waals surface area contributed by atoms with Gasteiger partial charge in [0.25, 0.3) is 0 Å². The third-order valence-corrected chi connectivity index (χ3v) is 5.90. The van der Waals surface area contributed by atoms with Gasteiger partial charge in [-0.15, -0.1) is 0 Å². The second-order valence-corrected chi connectivity index (χ2v) is 8.09. The molecule has 2 N–H and O–H groups in total. The van der Waals surface area contributed by atoms with Crippen LogP contribution >= 0.6 is 0 Å². The number of aromatic carboxylic acids is 2. The first kappa shape index (κ1) is 25.0. The monoisotopic (exact) mass is 485 g/mol. The molecule has 0 saturated heterocycles. The van der Waals surface area contributed by atoms with E-state index < -0.39 is 11.9 Å². The van der Waals surface area contributed by atoms with Gasteiger partial charge in [0, 0.05) is 0 Å². The van der Waals surface area contributed by atoms with Crippen LogP contribution in [0.5, 0.6) is 0 Å². The Morgan fingerprint density at radius 1 is 0.514 bits per heavy atom. The summed E-state index contributed by atoms with van der Waals surface area (Å²) < 4.78 is 0. The largest absolute Gasteiger partial charge is 2.00 e. The maximum Gasteiger partial charge on any atom is 2.00 e. The molecule has 0 amide bonds. The quantitative estimate of drug-likeness (QED) is 0.282. The number of benzene rings is 4. The summed E-state index contributed by atoms with van der Waals surface area (Å²) in [5.74, 6) is -2.59. The molecule has 6 rings (SSSR count). The van der Waals surface area contributed by atoms with E-state index in [0.29, 0.717) is 21.8 Å². The van der Waals surface area contributed by atoms with Gasteiger partial charge in [0.2, 0.25) is 0 Å². The molecule has 2 aromatic heterocycles. The number of aromatic amines is 2. The average Bonchev–Trinajstić information content (AvgIpc) is 2.88. The van der Waals surface area contributed by atoms with Crippen molar-refractivity contribution in [3.63, 3.8) is 0 Å². The van der Waals surface area contributed by atoms with E-state index in [-0.39, 0.29) is 32.4 Å². The molecule has 0 unspecified atom stereocenters. The van der Waals surface area contributed by atoms with Crippen molar-refractivity contribution in [2.75, 3.05) is 0 Å². The van der Waals surface area contributed by atoms with E-state index in [4.69, 9.17) is 0 Å². The van der Waals surface area contributed by atoms with Crippen molar-refractivity contribution in [1.82, 2.24) is 9.97 Å². The Morgan fingerprint density at radius 3 is 1.24 bits per heavy atom. The molecule has 6 aromatic rings. The number of H-pyrrole nitrogens is 2. The van der Waals surface area contributed by atoms with Crippen LogP contribution in [0.25, 0.3) is 43.4 Å². The summed E-state index contributed by atoms with van der Waals surface area (Å²) in [4.78, 5) is 51.0. The Morgan fingerprint density at radius 2 is 0.865 bits per heavy atom. The summed E-state index contributed by atoms with van der Waals surface area (Å²) >= 11 is 0. The van der Waals surface area contributed by atoms with Gasteiger partial charge in [-0.25, -0.2) is 0 Å². The van der Waals surface area contributed by atoms with Crippen molar-refractivity contribution in [3.8, 4) is 0 Å². The Balaban J connectivity index is 0.000000168. The maximum absolute atomic E-state index is 11.9. The minimum absolute atomic E-state index is 0. The number of nitrogens with one attached hydrogen (secondary N) is 2. The van der Waals surface area contributed by atoms with E-state index in [2.05, 4.69) is 9.97 Å². The van der Waals surface area contributed by atoms with Crippen LogP contribution in [0.3, 0.4) is 0 Å². The minimum Gasteiger partial charge on any atom is -0.543 e. The Hall–Kier alpha value is -5.07. The summed E-state index contributed by atoms with van der Waals surface area (Å²) in [6.45, 7) is 0. The number of carboxylic acid groups (broad SMARTS) is 2. The van der Waals surface area contributed by atoms with Gasteiger partial charge in [0.05, 0.1) is 45.1 Å². The van der Waals surface area contributed by atoms with Gasteiger partial charge in [0.15, 0.2) is 10.9 Å². The van der Waals surface area contributed by atoms with Crippen LogP contribution in [0.4, 0.5) is 0 Å². The van der Waals surface area contributed by atoms with Crippen molar-refractivity contribution in [2.45, 2.75) is 0 Å². The molecule has 9 heteroatoms. The topological polar surface area (TPSA) is 146 Å². The molecule has 37 heavy (non-hydrogen) atoms. The van der Waals surface area contributed by atoms with Crippen molar-refractivity contribution < 1.29 is 19.8 Å². The number of carbonyl (C=O) groups is 2. The molecule has 0 spiro atoms. The number of hydrogen-bond donors (Lipinski definition) is 2. The average molecular weight is 485 g/mol. The maximum atomic E-state index is 11.9. The number of hydrogen-bond acceptors (Lipinski definition) is 6. The fourth-order valence-corrected chi connectivity index (χ4v) is 4.21. The van der Waals surface area contributed by atoms with E-state index in [1.165, 1.54) is 24.3 Å². The number of aromatic nitrogens is 2. The van der Waals surface area contributed by atoms with Crippen LogP contribution < -0.4 is 21.1 Å². The van der Waals surface area contributed by atoms with E-state index in [1.54, 1.807) is 24.3 Å². The third-order valence-electron chi connectivity index (χ3n) is 5.90.